The number of aromatic nitrogens is 3. The fraction of sp³-hybridized carbons (Fsp3) is 0.125. The van der Waals surface area contributed by atoms with Crippen molar-refractivity contribution in [2.45, 2.75) is 12.1 Å². The molecule has 3 aromatic heterocycles. The Bertz CT molecular complexity index is 1190. The standard InChI is InChI=1S/C24H21N5OS/c1-30-21-10-3-2-8-19(21)29-23(22(27-24(29)31)18-7-4-5-13-26-18)20-9-6-16-28(20)17-11-14-25-15-12-17/h2-16,22-23H,1H3,(H,27,31)/t22-,23+/m0/s1. The normalized spacial score (nSPS) is 18.1. The van der Waals surface area contributed by atoms with Crippen molar-refractivity contribution in [1.82, 2.24) is 19.9 Å². The van der Waals surface area contributed by atoms with Crippen molar-refractivity contribution in [3.8, 4) is 11.4 Å². The third-order valence-corrected chi connectivity index (χ3v) is 5.78. The fourth-order valence-electron chi connectivity index (χ4n) is 4.12. The maximum absolute atomic E-state index is 5.83. The van der Waals surface area contributed by atoms with Crippen molar-refractivity contribution >= 4 is 23.0 Å². The summed E-state index contributed by atoms with van der Waals surface area (Å²) in [6.07, 6.45) is 7.46. The van der Waals surface area contributed by atoms with Crippen LogP contribution in [0, 0.1) is 0 Å². The van der Waals surface area contributed by atoms with Gasteiger partial charge in [0.1, 0.15) is 11.8 Å². The Labute approximate surface area is 186 Å². The number of rotatable bonds is 5. The number of hydrogen-bond acceptors (Lipinski definition) is 4. The number of benzene rings is 1. The molecule has 31 heavy (non-hydrogen) atoms. The first kappa shape index (κ1) is 19.3. The van der Waals surface area contributed by atoms with Crippen LogP contribution in [-0.2, 0) is 0 Å². The number of thiocarbonyl (C=S) groups is 1. The zero-order valence-electron chi connectivity index (χ0n) is 16.9. The van der Waals surface area contributed by atoms with E-state index in [-0.39, 0.29) is 12.1 Å². The number of pyridine rings is 2. The molecule has 154 valence electrons. The number of ether oxygens (including phenoxy) is 1. The van der Waals surface area contributed by atoms with E-state index in [9.17, 15) is 0 Å². The van der Waals surface area contributed by atoms with Gasteiger partial charge in [-0.25, -0.2) is 0 Å². The molecule has 6 nitrogen and oxygen atoms in total. The van der Waals surface area contributed by atoms with Gasteiger partial charge in [-0.05, 0) is 60.7 Å². The number of hydrogen-bond donors (Lipinski definition) is 1. The highest BCUT2D eigenvalue weighted by Gasteiger charge is 2.43. The first-order chi connectivity index (χ1) is 15.3. The summed E-state index contributed by atoms with van der Waals surface area (Å²) in [6, 6.07) is 21.8. The summed E-state index contributed by atoms with van der Waals surface area (Å²) in [6.45, 7) is 0. The summed E-state index contributed by atoms with van der Waals surface area (Å²) in [7, 11) is 1.68. The molecule has 1 aliphatic rings. The van der Waals surface area contributed by atoms with Gasteiger partial charge in [-0.2, -0.15) is 0 Å². The smallest absolute Gasteiger partial charge is 0.174 e. The minimum atomic E-state index is -0.137. The Hall–Kier alpha value is -3.71. The molecule has 4 aromatic rings. The van der Waals surface area contributed by atoms with E-state index < -0.39 is 0 Å². The molecule has 1 aromatic carbocycles. The Balaban J connectivity index is 1.69. The quantitative estimate of drug-likeness (QED) is 0.475. The van der Waals surface area contributed by atoms with Crippen LogP contribution >= 0.6 is 12.2 Å². The van der Waals surface area contributed by atoms with Crippen LogP contribution in [0.1, 0.15) is 23.5 Å². The molecule has 0 aliphatic carbocycles. The summed E-state index contributed by atoms with van der Waals surface area (Å²) in [5, 5.41) is 4.13. The molecule has 0 saturated carbocycles. The van der Waals surface area contributed by atoms with Crippen LogP contribution in [0.5, 0.6) is 5.75 Å². The topological polar surface area (TPSA) is 55.2 Å². The first-order valence-electron chi connectivity index (χ1n) is 9.99. The fourth-order valence-corrected chi connectivity index (χ4v) is 4.46. The SMILES string of the molecule is COc1ccccc1N1C(=S)N[C@@H](c2ccccn2)[C@H]1c1cccn1-c1ccncc1. The second-order valence-electron chi connectivity index (χ2n) is 7.18. The van der Waals surface area contributed by atoms with Gasteiger partial charge in [-0.15, -0.1) is 0 Å². The van der Waals surface area contributed by atoms with Crippen LogP contribution < -0.4 is 15.0 Å². The van der Waals surface area contributed by atoms with E-state index in [1.165, 1.54) is 0 Å². The molecule has 1 saturated heterocycles. The third kappa shape index (κ3) is 3.43. The van der Waals surface area contributed by atoms with Gasteiger partial charge in [-0.1, -0.05) is 18.2 Å². The largest absolute Gasteiger partial charge is 0.495 e. The molecule has 0 bridgehead atoms. The van der Waals surface area contributed by atoms with Gasteiger partial charge in [0, 0.05) is 36.2 Å². The lowest BCUT2D eigenvalue weighted by Crippen LogP contribution is -2.30. The molecule has 1 aliphatic heterocycles. The van der Waals surface area contributed by atoms with Gasteiger partial charge in [-0.3, -0.25) is 9.97 Å². The van der Waals surface area contributed by atoms with E-state index in [1.807, 2.05) is 66.9 Å². The average Bonchev–Trinajstić information content (AvgIpc) is 3.44. The highest BCUT2D eigenvalue weighted by Crippen LogP contribution is 2.44. The number of nitrogens with zero attached hydrogens (tertiary/aromatic N) is 4. The van der Waals surface area contributed by atoms with Gasteiger partial charge >= 0.3 is 0 Å². The van der Waals surface area contributed by atoms with Gasteiger partial charge in [0.15, 0.2) is 5.11 Å². The maximum atomic E-state index is 5.83. The second kappa shape index (κ2) is 8.20. The minimum absolute atomic E-state index is 0.130. The van der Waals surface area contributed by atoms with E-state index in [4.69, 9.17) is 17.0 Å². The number of para-hydroxylation sites is 2. The molecule has 0 radical (unpaired) electrons. The molecule has 1 fully saturated rings. The summed E-state index contributed by atoms with van der Waals surface area (Å²) in [5.41, 5.74) is 3.95. The molecule has 0 spiro atoms. The summed E-state index contributed by atoms with van der Waals surface area (Å²) in [4.78, 5) is 10.9. The van der Waals surface area contributed by atoms with Crippen LogP contribution in [0.2, 0.25) is 0 Å². The lowest BCUT2D eigenvalue weighted by atomic mass is 10.0. The van der Waals surface area contributed by atoms with Gasteiger partial charge < -0.3 is 19.5 Å². The van der Waals surface area contributed by atoms with Crippen LogP contribution in [-0.4, -0.2) is 26.8 Å². The van der Waals surface area contributed by atoms with Crippen molar-refractivity contribution in [2.24, 2.45) is 0 Å². The van der Waals surface area contributed by atoms with Crippen molar-refractivity contribution < 1.29 is 4.74 Å². The van der Waals surface area contributed by atoms with Crippen molar-refractivity contribution in [3.63, 3.8) is 0 Å². The van der Waals surface area contributed by atoms with Crippen LogP contribution in [0.25, 0.3) is 5.69 Å². The molecule has 5 rings (SSSR count). The average molecular weight is 428 g/mol. The highest BCUT2D eigenvalue weighted by molar-refractivity contribution is 7.80. The summed E-state index contributed by atoms with van der Waals surface area (Å²) < 4.78 is 7.83. The van der Waals surface area contributed by atoms with Gasteiger partial charge in [0.05, 0.1) is 24.5 Å². The molecule has 1 N–H and O–H groups in total. The number of nitrogens with one attached hydrogen (secondary N) is 1. The molecule has 2 atom stereocenters. The Morgan fingerprint density at radius 2 is 1.74 bits per heavy atom. The van der Waals surface area contributed by atoms with Crippen molar-refractivity contribution in [1.29, 1.82) is 0 Å². The van der Waals surface area contributed by atoms with Crippen molar-refractivity contribution in [3.05, 3.63) is 103 Å². The molecular formula is C24H21N5OS. The summed E-state index contributed by atoms with van der Waals surface area (Å²) >= 11 is 5.83. The minimum Gasteiger partial charge on any atom is -0.495 e. The molecule has 0 amide bonds. The van der Waals surface area contributed by atoms with Gasteiger partial charge in [0.2, 0.25) is 0 Å². The molecule has 0 unspecified atom stereocenters. The Kier molecular flexibility index (Phi) is 5.09. The monoisotopic (exact) mass is 427 g/mol. The Morgan fingerprint density at radius 1 is 0.935 bits per heavy atom. The second-order valence-corrected chi connectivity index (χ2v) is 7.56. The van der Waals surface area contributed by atoms with E-state index >= 15 is 0 Å². The maximum Gasteiger partial charge on any atom is 0.174 e. The predicted octanol–water partition coefficient (Wildman–Crippen LogP) is 4.45. The lowest BCUT2D eigenvalue weighted by Gasteiger charge is -2.29. The summed E-state index contributed by atoms with van der Waals surface area (Å²) in [5.74, 6) is 0.764. The van der Waals surface area contributed by atoms with Crippen LogP contribution in [0.15, 0.2) is 91.5 Å². The molecule has 4 heterocycles. The zero-order valence-corrected chi connectivity index (χ0v) is 17.7. The van der Waals surface area contributed by atoms with Gasteiger partial charge in [0.25, 0.3) is 0 Å². The predicted molar refractivity (Wildman–Crippen MR) is 124 cm³/mol. The van der Waals surface area contributed by atoms with E-state index in [0.717, 1.165) is 28.5 Å². The van der Waals surface area contributed by atoms with E-state index in [0.29, 0.717) is 5.11 Å². The first-order valence-corrected chi connectivity index (χ1v) is 10.4. The lowest BCUT2D eigenvalue weighted by molar-refractivity contribution is 0.414. The van der Waals surface area contributed by atoms with Crippen LogP contribution in [0.3, 0.4) is 0 Å². The number of anilines is 1. The van der Waals surface area contributed by atoms with Crippen molar-refractivity contribution in [2.75, 3.05) is 12.0 Å². The number of methoxy groups -OCH3 is 1. The Morgan fingerprint density at radius 3 is 2.52 bits per heavy atom. The zero-order chi connectivity index (χ0) is 21.2. The highest BCUT2D eigenvalue weighted by atomic mass is 32.1. The van der Waals surface area contributed by atoms with E-state index in [1.54, 1.807) is 19.5 Å². The third-order valence-electron chi connectivity index (χ3n) is 5.47. The van der Waals surface area contributed by atoms with E-state index in [2.05, 4.69) is 37.0 Å². The molecule has 7 heteroatoms. The molecular weight excluding hydrogens is 406 g/mol. The van der Waals surface area contributed by atoms with Crippen LogP contribution in [0.4, 0.5) is 5.69 Å².